The van der Waals surface area contributed by atoms with Crippen molar-refractivity contribution in [1.82, 2.24) is 0 Å². The Bertz CT molecular complexity index is 614. The number of aliphatic hydroxyl groups excluding tert-OH is 1. The minimum Gasteiger partial charge on any atom is -0.479 e. The van der Waals surface area contributed by atoms with Gasteiger partial charge >= 0.3 is 5.97 Å². The van der Waals surface area contributed by atoms with Crippen LogP contribution in [0.2, 0.25) is 0 Å². The molecule has 1 heterocycles. The molecule has 2 rings (SSSR count). The molecule has 0 aromatic heterocycles. The van der Waals surface area contributed by atoms with Crippen LogP contribution in [0.25, 0.3) is 0 Å². The zero-order chi connectivity index (χ0) is 20.0. The van der Waals surface area contributed by atoms with Crippen LogP contribution in [0.15, 0.2) is 12.2 Å². The van der Waals surface area contributed by atoms with E-state index in [9.17, 15) is 14.7 Å². The third kappa shape index (κ3) is 6.48. The van der Waals surface area contributed by atoms with Crippen molar-refractivity contribution >= 4 is 11.8 Å². The van der Waals surface area contributed by atoms with Crippen molar-refractivity contribution in [3.63, 3.8) is 0 Å². The minimum absolute atomic E-state index is 0.0175. The fourth-order valence-corrected chi connectivity index (χ4v) is 4.17. The second-order valence-corrected chi connectivity index (χ2v) is 8.09. The van der Waals surface area contributed by atoms with Gasteiger partial charge in [-0.15, -0.1) is 11.8 Å². The maximum atomic E-state index is 11.7. The second-order valence-electron chi connectivity index (χ2n) is 8.09. The molecule has 150 valence electrons. The van der Waals surface area contributed by atoms with Crippen molar-refractivity contribution < 1.29 is 24.5 Å². The van der Waals surface area contributed by atoms with E-state index in [0.717, 1.165) is 19.3 Å². The maximum Gasteiger partial charge on any atom is 0.340 e. The first-order valence-corrected chi connectivity index (χ1v) is 9.99. The number of epoxide rings is 1. The molecular formula is C22H32O5. The van der Waals surface area contributed by atoms with Crippen LogP contribution in [0.3, 0.4) is 0 Å². The number of aliphatic carboxylic acids is 1. The summed E-state index contributed by atoms with van der Waals surface area (Å²) in [5, 5.41) is 18.0. The molecule has 2 fully saturated rings. The second kappa shape index (κ2) is 10.1. The highest BCUT2D eigenvalue weighted by Crippen LogP contribution is 2.45. The Labute approximate surface area is 162 Å². The molecule has 5 nitrogen and oxygen atoms in total. The van der Waals surface area contributed by atoms with E-state index in [1.165, 1.54) is 31.3 Å². The molecular weight excluding hydrogens is 344 g/mol. The fraction of sp³-hybridized carbons (Fsp3) is 0.727. The lowest BCUT2D eigenvalue weighted by Gasteiger charge is -2.20. The van der Waals surface area contributed by atoms with Crippen molar-refractivity contribution in [1.29, 1.82) is 0 Å². The lowest BCUT2D eigenvalue weighted by molar-refractivity contribution is -0.152. The number of hydrogen-bond donors (Lipinski definition) is 2. The van der Waals surface area contributed by atoms with Gasteiger partial charge in [-0.05, 0) is 56.8 Å². The average Bonchev–Trinajstić information content (AvgIpc) is 3.27. The van der Waals surface area contributed by atoms with E-state index in [1.807, 2.05) is 6.92 Å². The zero-order valence-corrected chi connectivity index (χ0v) is 16.4. The smallest absolute Gasteiger partial charge is 0.340 e. The van der Waals surface area contributed by atoms with E-state index >= 15 is 0 Å². The largest absolute Gasteiger partial charge is 0.479 e. The quantitative estimate of drug-likeness (QED) is 0.250. The number of allylic oxidation sites excluding steroid dienone is 1. The van der Waals surface area contributed by atoms with E-state index in [2.05, 4.69) is 25.3 Å². The molecule has 0 aromatic rings. The number of hydrogen-bond acceptors (Lipinski definition) is 4. The molecule has 0 spiro atoms. The van der Waals surface area contributed by atoms with Gasteiger partial charge in [0.2, 0.25) is 6.10 Å². The monoisotopic (exact) mass is 376 g/mol. The predicted octanol–water partition coefficient (Wildman–Crippen LogP) is 3.35. The van der Waals surface area contributed by atoms with Crippen LogP contribution in [0, 0.1) is 29.6 Å². The number of carboxylic acids is 1. The van der Waals surface area contributed by atoms with Gasteiger partial charge in [0, 0.05) is 12.8 Å². The normalized spacial score (nSPS) is 28.9. The summed E-state index contributed by atoms with van der Waals surface area (Å²) in [6.45, 7) is 8.36. The number of carbonyl (C=O) groups excluding carboxylic acids is 1. The first kappa shape index (κ1) is 21.7. The van der Waals surface area contributed by atoms with Crippen LogP contribution in [-0.2, 0) is 14.3 Å². The van der Waals surface area contributed by atoms with Crippen molar-refractivity contribution in [2.45, 2.75) is 83.5 Å². The summed E-state index contributed by atoms with van der Waals surface area (Å²) in [6.07, 6.45) is 5.36. The molecule has 0 amide bonds. The Morgan fingerprint density at radius 3 is 2.78 bits per heavy atom. The van der Waals surface area contributed by atoms with Crippen LogP contribution in [0.1, 0.15) is 65.2 Å². The summed E-state index contributed by atoms with van der Waals surface area (Å²) >= 11 is 0. The third-order valence-electron chi connectivity index (χ3n) is 5.94. The molecule has 0 bridgehead atoms. The SMILES string of the molecule is C=C1CC[C@H](CCCC(C)CC#CC)[C@H]1C[C@H]1OC1CC(=O)C(O)C(=O)O. The minimum atomic E-state index is -1.94. The van der Waals surface area contributed by atoms with Crippen LogP contribution in [0.5, 0.6) is 0 Å². The molecule has 6 atom stereocenters. The standard InChI is InChI=1S/C22H32O5/c1-4-5-7-14(2)8-6-9-16-11-10-15(3)17(16)12-19-20(27-19)13-18(23)21(24)22(25)26/h14,16-17,19-21,24H,3,6-13H2,1-2H3,(H,25,26)/t14?,16-,17-,19+,20?,21?/m0/s1. The number of ketones is 1. The molecule has 0 aromatic carbocycles. The van der Waals surface area contributed by atoms with Gasteiger partial charge in [0.25, 0.3) is 0 Å². The topological polar surface area (TPSA) is 87.1 Å². The summed E-state index contributed by atoms with van der Waals surface area (Å²) in [5.41, 5.74) is 1.27. The number of carboxylic acid groups (broad SMARTS) is 1. The Hall–Kier alpha value is -1.64. The van der Waals surface area contributed by atoms with E-state index in [4.69, 9.17) is 9.84 Å². The number of rotatable bonds is 11. The fourth-order valence-electron chi connectivity index (χ4n) is 4.17. The maximum absolute atomic E-state index is 11.7. The van der Waals surface area contributed by atoms with E-state index in [0.29, 0.717) is 17.8 Å². The summed E-state index contributed by atoms with van der Waals surface area (Å²) < 4.78 is 5.58. The number of Topliss-reactive ketones (excluding diaryl/α,β-unsaturated/α-hetero) is 1. The molecule has 1 saturated carbocycles. The Morgan fingerprint density at radius 2 is 2.11 bits per heavy atom. The van der Waals surface area contributed by atoms with Gasteiger partial charge in [-0.2, -0.15) is 0 Å². The molecule has 3 unspecified atom stereocenters. The number of carbonyl (C=O) groups is 2. The highest BCUT2D eigenvalue weighted by Gasteiger charge is 2.45. The summed E-state index contributed by atoms with van der Waals surface area (Å²) in [5.74, 6) is 5.59. The third-order valence-corrected chi connectivity index (χ3v) is 5.94. The highest BCUT2D eigenvalue weighted by atomic mass is 16.6. The highest BCUT2D eigenvalue weighted by molar-refractivity contribution is 6.01. The number of ether oxygens (including phenoxy) is 1. The van der Waals surface area contributed by atoms with Gasteiger partial charge in [0.1, 0.15) is 0 Å². The lowest BCUT2D eigenvalue weighted by Crippen LogP contribution is -2.30. The molecule has 5 heteroatoms. The van der Waals surface area contributed by atoms with Crippen LogP contribution in [0.4, 0.5) is 0 Å². The summed E-state index contributed by atoms with van der Waals surface area (Å²) in [4.78, 5) is 22.4. The molecule has 1 aliphatic heterocycles. The van der Waals surface area contributed by atoms with Gasteiger partial charge in [0.15, 0.2) is 5.78 Å². The Kier molecular flexibility index (Phi) is 8.07. The predicted molar refractivity (Wildman–Crippen MR) is 103 cm³/mol. The van der Waals surface area contributed by atoms with Gasteiger partial charge in [-0.1, -0.05) is 25.5 Å². The van der Waals surface area contributed by atoms with Gasteiger partial charge < -0.3 is 14.9 Å². The van der Waals surface area contributed by atoms with Crippen LogP contribution < -0.4 is 0 Å². The van der Waals surface area contributed by atoms with Crippen LogP contribution >= 0.6 is 0 Å². The molecule has 1 saturated heterocycles. The first-order chi connectivity index (χ1) is 12.8. The van der Waals surface area contributed by atoms with E-state index in [-0.39, 0.29) is 18.6 Å². The van der Waals surface area contributed by atoms with Crippen molar-refractivity contribution in [2.75, 3.05) is 0 Å². The lowest BCUT2D eigenvalue weighted by atomic mass is 9.84. The Balaban J connectivity index is 1.74. The summed E-state index contributed by atoms with van der Waals surface area (Å²) in [7, 11) is 0. The van der Waals surface area contributed by atoms with Gasteiger partial charge in [-0.25, -0.2) is 4.79 Å². The van der Waals surface area contributed by atoms with E-state index < -0.39 is 17.9 Å². The molecule has 2 aliphatic rings. The van der Waals surface area contributed by atoms with E-state index in [1.54, 1.807) is 0 Å². The van der Waals surface area contributed by atoms with Crippen molar-refractivity contribution in [2.24, 2.45) is 17.8 Å². The van der Waals surface area contributed by atoms with Crippen molar-refractivity contribution in [3.8, 4) is 11.8 Å². The zero-order valence-electron chi connectivity index (χ0n) is 16.4. The Morgan fingerprint density at radius 1 is 1.37 bits per heavy atom. The van der Waals surface area contributed by atoms with Crippen molar-refractivity contribution in [3.05, 3.63) is 12.2 Å². The van der Waals surface area contributed by atoms with Crippen LogP contribution in [-0.4, -0.2) is 40.3 Å². The molecule has 2 N–H and O–H groups in total. The number of aliphatic hydroxyl groups is 1. The molecule has 1 aliphatic carbocycles. The average molecular weight is 376 g/mol. The molecule has 27 heavy (non-hydrogen) atoms. The van der Waals surface area contributed by atoms with Gasteiger partial charge in [-0.3, -0.25) is 4.79 Å². The molecule has 0 radical (unpaired) electrons. The first-order valence-electron chi connectivity index (χ1n) is 9.99. The summed E-state index contributed by atoms with van der Waals surface area (Å²) in [6, 6.07) is 0. The van der Waals surface area contributed by atoms with Gasteiger partial charge in [0.05, 0.1) is 12.2 Å².